The summed E-state index contributed by atoms with van der Waals surface area (Å²) in [6.07, 6.45) is -0.811. The number of hydrogen-bond donors (Lipinski definition) is 3. The Hall–Kier alpha value is -2.32. The van der Waals surface area contributed by atoms with E-state index in [1.807, 2.05) is 4.90 Å². The number of rotatable bonds is 6. The summed E-state index contributed by atoms with van der Waals surface area (Å²) >= 11 is 4.25. The van der Waals surface area contributed by atoms with Crippen molar-refractivity contribution in [2.75, 3.05) is 28.6 Å². The molecule has 1 fully saturated rings. The van der Waals surface area contributed by atoms with E-state index in [0.717, 1.165) is 16.0 Å². The van der Waals surface area contributed by atoms with E-state index in [0.29, 0.717) is 42.1 Å². The molecular formula is C20H27BrF2N6O4S. The van der Waals surface area contributed by atoms with Crippen molar-refractivity contribution in [3.05, 3.63) is 15.8 Å². The van der Waals surface area contributed by atoms with Gasteiger partial charge in [-0.1, -0.05) is 11.3 Å². The van der Waals surface area contributed by atoms with Crippen LogP contribution < -0.4 is 15.5 Å². The van der Waals surface area contributed by atoms with Gasteiger partial charge < -0.3 is 20.1 Å². The van der Waals surface area contributed by atoms with Gasteiger partial charge in [0.2, 0.25) is 0 Å². The van der Waals surface area contributed by atoms with Gasteiger partial charge in [0, 0.05) is 13.1 Å². The maximum Gasteiger partial charge on any atom is 0.412 e. The highest BCUT2D eigenvalue weighted by Gasteiger charge is 2.27. The van der Waals surface area contributed by atoms with Crippen LogP contribution in [0.2, 0.25) is 0 Å². The number of amides is 2. The van der Waals surface area contributed by atoms with Crippen LogP contribution in [0.3, 0.4) is 0 Å². The standard InChI is InChI=1S/C20H27BrF2N6O4S/c1-20(2,3)33-19(32)27-16-14(26-18(21)34-16)15(31)25-12-9-24-29(10-13(22)23)17(12)28-7-4-5-11(30)6-8-28/h9,11,13,30H,4-8,10H2,1-3H3,(H,25,31)(H,27,32)/t11-/m0/s1. The summed E-state index contributed by atoms with van der Waals surface area (Å²) in [5.41, 5.74) is -0.570. The van der Waals surface area contributed by atoms with Crippen LogP contribution in [0.5, 0.6) is 0 Å². The van der Waals surface area contributed by atoms with Crippen molar-refractivity contribution in [1.29, 1.82) is 0 Å². The van der Waals surface area contributed by atoms with Gasteiger partial charge in [0.15, 0.2) is 15.4 Å². The number of anilines is 3. The van der Waals surface area contributed by atoms with Crippen molar-refractivity contribution in [3.63, 3.8) is 0 Å². The van der Waals surface area contributed by atoms with Gasteiger partial charge in [0.05, 0.1) is 12.3 Å². The smallest absolute Gasteiger partial charge is 0.412 e. The molecule has 3 N–H and O–H groups in total. The molecule has 188 valence electrons. The van der Waals surface area contributed by atoms with Crippen molar-refractivity contribution >= 4 is 55.8 Å². The molecule has 1 saturated heterocycles. The first-order valence-corrected chi connectivity index (χ1v) is 12.3. The lowest BCUT2D eigenvalue weighted by Crippen LogP contribution is -2.29. The number of hydrogen-bond acceptors (Lipinski definition) is 8. The summed E-state index contributed by atoms with van der Waals surface area (Å²) in [5.74, 6) is -0.320. The number of nitrogens with zero attached hydrogens (tertiary/aromatic N) is 4. The molecule has 2 amide bonds. The number of carbonyl (C=O) groups excluding carboxylic acids is 2. The highest BCUT2D eigenvalue weighted by molar-refractivity contribution is 9.11. The van der Waals surface area contributed by atoms with E-state index in [4.69, 9.17) is 4.74 Å². The summed E-state index contributed by atoms with van der Waals surface area (Å²) in [6.45, 7) is 5.43. The average Bonchev–Trinajstić information content (AvgIpc) is 3.17. The molecular weight excluding hydrogens is 538 g/mol. The molecule has 0 aliphatic carbocycles. The zero-order valence-electron chi connectivity index (χ0n) is 19.0. The fourth-order valence-corrected chi connectivity index (χ4v) is 4.80. The molecule has 1 aliphatic rings. The van der Waals surface area contributed by atoms with Gasteiger partial charge in [-0.25, -0.2) is 23.2 Å². The molecule has 0 radical (unpaired) electrons. The number of nitrogens with one attached hydrogen (secondary N) is 2. The van der Waals surface area contributed by atoms with Gasteiger partial charge in [-0.15, -0.1) is 0 Å². The van der Waals surface area contributed by atoms with Gasteiger partial charge >= 0.3 is 6.09 Å². The third kappa shape index (κ3) is 7.09. The van der Waals surface area contributed by atoms with Gasteiger partial charge in [0.1, 0.15) is 22.8 Å². The fraction of sp³-hybridized carbons (Fsp3) is 0.600. The zero-order valence-corrected chi connectivity index (χ0v) is 21.4. The zero-order chi connectivity index (χ0) is 25.0. The Morgan fingerprint density at radius 1 is 1.32 bits per heavy atom. The molecule has 14 heteroatoms. The van der Waals surface area contributed by atoms with Crippen LogP contribution in [0, 0.1) is 0 Å². The van der Waals surface area contributed by atoms with Crippen molar-refractivity contribution in [3.8, 4) is 0 Å². The van der Waals surface area contributed by atoms with E-state index in [9.17, 15) is 23.5 Å². The summed E-state index contributed by atoms with van der Waals surface area (Å²) in [4.78, 5) is 31.2. The van der Waals surface area contributed by atoms with E-state index >= 15 is 0 Å². The lowest BCUT2D eigenvalue weighted by molar-refractivity contribution is 0.0636. The SMILES string of the molecule is CC(C)(C)OC(=O)Nc1sc(Br)nc1C(=O)Nc1cnn(CC(F)F)c1N1CCC[C@H](O)CC1. The van der Waals surface area contributed by atoms with Crippen molar-refractivity contribution in [2.24, 2.45) is 0 Å². The summed E-state index contributed by atoms with van der Waals surface area (Å²) in [5, 5.41) is 19.4. The summed E-state index contributed by atoms with van der Waals surface area (Å²) < 4.78 is 33.1. The van der Waals surface area contributed by atoms with Gasteiger partial charge in [-0.3, -0.25) is 10.1 Å². The molecule has 1 atom stereocenters. The van der Waals surface area contributed by atoms with Crippen LogP contribution in [-0.4, -0.2) is 63.1 Å². The van der Waals surface area contributed by atoms with Crippen molar-refractivity contribution in [2.45, 2.75) is 64.7 Å². The Morgan fingerprint density at radius 3 is 2.74 bits per heavy atom. The van der Waals surface area contributed by atoms with Crippen LogP contribution in [0.1, 0.15) is 50.5 Å². The molecule has 34 heavy (non-hydrogen) atoms. The van der Waals surface area contributed by atoms with E-state index in [1.165, 1.54) is 6.20 Å². The third-order valence-corrected chi connectivity index (χ3v) is 6.22. The lowest BCUT2D eigenvalue weighted by atomic mass is 10.2. The first-order valence-electron chi connectivity index (χ1n) is 10.7. The number of aliphatic hydroxyl groups is 1. The first-order chi connectivity index (χ1) is 15.9. The quantitative estimate of drug-likeness (QED) is 0.477. The van der Waals surface area contributed by atoms with Crippen LogP contribution >= 0.6 is 27.3 Å². The maximum absolute atomic E-state index is 13.2. The highest BCUT2D eigenvalue weighted by Crippen LogP contribution is 2.32. The van der Waals surface area contributed by atoms with Crippen LogP contribution in [-0.2, 0) is 11.3 Å². The Bertz CT molecular complexity index is 1030. The second-order valence-electron chi connectivity index (χ2n) is 8.75. The Kier molecular flexibility index (Phi) is 8.47. The minimum absolute atomic E-state index is 0.0680. The fourth-order valence-electron chi connectivity index (χ4n) is 3.47. The molecule has 0 aromatic carbocycles. The second kappa shape index (κ2) is 11.0. The number of aliphatic hydroxyl groups excluding tert-OH is 1. The molecule has 2 aromatic rings. The molecule has 3 heterocycles. The monoisotopic (exact) mass is 564 g/mol. The van der Waals surface area contributed by atoms with Crippen LogP contribution in [0.4, 0.5) is 30.1 Å². The van der Waals surface area contributed by atoms with Crippen LogP contribution in [0.25, 0.3) is 0 Å². The van der Waals surface area contributed by atoms with Gasteiger partial charge in [-0.05, 0) is 56.0 Å². The molecule has 10 nitrogen and oxygen atoms in total. The largest absolute Gasteiger partial charge is 0.444 e. The molecule has 1 aliphatic heterocycles. The second-order valence-corrected chi connectivity index (χ2v) is 11.0. The van der Waals surface area contributed by atoms with E-state index in [1.54, 1.807) is 20.8 Å². The molecule has 3 rings (SSSR count). The highest BCUT2D eigenvalue weighted by atomic mass is 79.9. The van der Waals surface area contributed by atoms with Crippen LogP contribution in [0.15, 0.2) is 10.1 Å². The topological polar surface area (TPSA) is 122 Å². The molecule has 0 unspecified atom stereocenters. The van der Waals surface area contributed by atoms with Crippen molar-refractivity contribution in [1.82, 2.24) is 14.8 Å². The summed E-state index contributed by atoms with van der Waals surface area (Å²) in [7, 11) is 0. The van der Waals surface area contributed by atoms with Gasteiger partial charge in [0.25, 0.3) is 12.3 Å². The maximum atomic E-state index is 13.2. The Labute approximate surface area is 207 Å². The minimum atomic E-state index is -2.64. The van der Waals surface area contributed by atoms with E-state index in [2.05, 4.69) is 36.6 Å². The number of ether oxygens (including phenoxy) is 1. The molecule has 0 saturated carbocycles. The predicted molar refractivity (Wildman–Crippen MR) is 128 cm³/mol. The predicted octanol–water partition coefficient (Wildman–Crippen LogP) is 4.32. The minimum Gasteiger partial charge on any atom is -0.444 e. The lowest BCUT2D eigenvalue weighted by Gasteiger charge is -2.25. The third-order valence-electron chi connectivity index (χ3n) is 4.80. The van der Waals surface area contributed by atoms with E-state index in [-0.39, 0.29) is 16.4 Å². The number of aromatic nitrogens is 3. The summed E-state index contributed by atoms with van der Waals surface area (Å²) in [6, 6.07) is 0. The number of carbonyl (C=O) groups is 2. The number of alkyl halides is 2. The molecule has 0 bridgehead atoms. The Balaban J connectivity index is 1.85. The normalized spacial score (nSPS) is 16.9. The first kappa shape index (κ1) is 26.3. The molecule has 0 spiro atoms. The average molecular weight is 565 g/mol. The number of thiazole rings is 1. The molecule has 2 aromatic heterocycles. The number of halogens is 3. The Morgan fingerprint density at radius 2 is 2.06 bits per heavy atom. The van der Waals surface area contributed by atoms with E-state index < -0.39 is 36.7 Å². The van der Waals surface area contributed by atoms with Crippen molar-refractivity contribution < 1.29 is 28.2 Å². The van der Waals surface area contributed by atoms with Gasteiger partial charge in [-0.2, -0.15) is 5.10 Å².